The van der Waals surface area contributed by atoms with Crippen LogP contribution in [0.4, 0.5) is 16.0 Å². The summed E-state index contributed by atoms with van der Waals surface area (Å²) in [5.41, 5.74) is 8.71. The van der Waals surface area contributed by atoms with E-state index in [4.69, 9.17) is 27.5 Å². The van der Waals surface area contributed by atoms with E-state index in [1.807, 2.05) is 44.2 Å². The van der Waals surface area contributed by atoms with Gasteiger partial charge in [0.05, 0.1) is 11.2 Å². The van der Waals surface area contributed by atoms with Crippen molar-refractivity contribution in [3.63, 3.8) is 0 Å². The van der Waals surface area contributed by atoms with E-state index < -0.39 is 16.1 Å². The van der Waals surface area contributed by atoms with E-state index in [2.05, 4.69) is 9.88 Å². The Morgan fingerprint density at radius 2 is 2.00 bits per heavy atom. The van der Waals surface area contributed by atoms with Gasteiger partial charge in [-0.1, -0.05) is 41.6 Å². The van der Waals surface area contributed by atoms with Crippen LogP contribution in [0.25, 0.3) is 0 Å². The lowest BCUT2D eigenvalue weighted by Gasteiger charge is -2.47. The largest absolute Gasteiger partial charge is 0.598 e. The van der Waals surface area contributed by atoms with Gasteiger partial charge in [0, 0.05) is 35.3 Å². The lowest BCUT2D eigenvalue weighted by molar-refractivity contribution is 0.186. The molecule has 3 aromatic rings. The minimum Gasteiger partial charge on any atom is -0.598 e. The molecule has 0 bridgehead atoms. The fourth-order valence-corrected chi connectivity index (χ4v) is 7.12. The van der Waals surface area contributed by atoms with Gasteiger partial charge in [-0.2, -0.15) is 5.14 Å². The first kappa shape index (κ1) is 26.6. The number of hydrogen-bond donors (Lipinski definition) is 2. The van der Waals surface area contributed by atoms with Crippen LogP contribution in [0.2, 0.25) is 5.02 Å². The van der Waals surface area contributed by atoms with Crippen molar-refractivity contribution in [1.82, 2.24) is 9.97 Å². The molecule has 2 aliphatic rings. The summed E-state index contributed by atoms with van der Waals surface area (Å²) in [7, 11) is 0. The minimum absolute atomic E-state index is 0.0300. The Morgan fingerprint density at radius 3 is 2.73 bits per heavy atom. The molecule has 1 aliphatic carbocycles. The highest BCUT2D eigenvalue weighted by Gasteiger charge is 2.47. The number of aromatic nitrogens is 2. The number of halogens is 2. The van der Waals surface area contributed by atoms with Gasteiger partial charge in [0.1, 0.15) is 21.4 Å². The lowest BCUT2D eigenvalue weighted by atomic mass is 9.71. The van der Waals surface area contributed by atoms with Crippen molar-refractivity contribution in [1.29, 1.82) is 0 Å². The molecule has 2 heterocycles. The molecular weight excluding hydrogens is 529 g/mol. The van der Waals surface area contributed by atoms with Crippen molar-refractivity contribution >= 4 is 46.4 Å². The molecule has 0 amide bonds. The zero-order valence-electron chi connectivity index (χ0n) is 20.9. The molecule has 37 heavy (non-hydrogen) atoms. The third kappa shape index (κ3) is 5.56. The van der Waals surface area contributed by atoms with Gasteiger partial charge in [-0.3, -0.25) is 0 Å². The molecule has 4 N–H and O–H groups in total. The van der Waals surface area contributed by atoms with Gasteiger partial charge in [0.15, 0.2) is 5.82 Å². The molecule has 0 saturated carbocycles. The Labute approximate surface area is 229 Å². The van der Waals surface area contributed by atoms with Crippen LogP contribution >= 0.6 is 23.4 Å². The fourth-order valence-electron chi connectivity index (χ4n) is 5.74. The van der Waals surface area contributed by atoms with E-state index in [1.165, 1.54) is 17.3 Å². The Hall–Kier alpha value is -2.04. The molecule has 1 aliphatic heterocycles. The second kappa shape index (κ2) is 10.3. The highest BCUT2D eigenvalue weighted by Crippen LogP contribution is 2.49. The molecule has 1 aromatic heterocycles. The van der Waals surface area contributed by atoms with Crippen LogP contribution in [0.1, 0.15) is 44.2 Å². The van der Waals surface area contributed by atoms with E-state index in [1.54, 1.807) is 18.3 Å². The third-order valence-corrected chi connectivity index (χ3v) is 10.4. The van der Waals surface area contributed by atoms with Crippen molar-refractivity contribution in [2.24, 2.45) is 10.6 Å². The monoisotopic (exact) mass is 559 g/mol. The molecule has 196 valence electrons. The summed E-state index contributed by atoms with van der Waals surface area (Å²) in [6.45, 7) is 4.62. The van der Waals surface area contributed by atoms with Gasteiger partial charge in [-0.25, -0.2) is 14.4 Å². The smallest absolute Gasteiger partial charge is 0.158 e. The number of nitrogen functional groups attached to an aromatic ring is 1. The van der Waals surface area contributed by atoms with Crippen molar-refractivity contribution in [2.75, 3.05) is 17.2 Å². The van der Waals surface area contributed by atoms with Gasteiger partial charge in [-0.15, -0.1) is 0 Å². The highest BCUT2D eigenvalue weighted by molar-refractivity contribution is 7.99. The predicted octanol–water partition coefficient (Wildman–Crippen LogP) is 5.55. The molecule has 10 heteroatoms. The molecule has 5 rings (SSSR count). The Bertz CT molecular complexity index is 1310. The summed E-state index contributed by atoms with van der Waals surface area (Å²) in [6.07, 6.45) is 5.94. The number of anilines is 2. The van der Waals surface area contributed by atoms with E-state index >= 15 is 0 Å². The summed E-state index contributed by atoms with van der Waals surface area (Å²) in [6, 6.07) is 12.7. The van der Waals surface area contributed by atoms with Gasteiger partial charge in [-0.05, 0) is 80.3 Å². The first-order chi connectivity index (χ1) is 17.6. The highest BCUT2D eigenvalue weighted by atomic mass is 35.5. The van der Waals surface area contributed by atoms with Crippen molar-refractivity contribution < 1.29 is 8.94 Å². The third-order valence-electron chi connectivity index (χ3n) is 7.65. The lowest BCUT2D eigenvalue weighted by Crippen LogP contribution is -2.52. The summed E-state index contributed by atoms with van der Waals surface area (Å²) >= 11 is 6.21. The zero-order valence-corrected chi connectivity index (χ0v) is 23.3. The maximum Gasteiger partial charge on any atom is 0.158 e. The number of hydrogen-bond acceptors (Lipinski definition) is 7. The standard InChI is InChI=1S/C27H31ClFN5OS2/c1-26(2,37(31)35)14-20-15-27(12-17-7-8-19(29)11-18(17)13-27)9-10-34(20)23-16-32-25(24(30)33-23)36-22-6-4-3-5-21(22)28/h3-8,11,16,20H,9-10,12-15,31H2,1-2H3,(H2,30,33)/t20?,27?,37-/m1/s1. The average molecular weight is 560 g/mol. The van der Waals surface area contributed by atoms with Crippen LogP contribution < -0.4 is 15.8 Å². The fraction of sp³-hybridized carbons (Fsp3) is 0.407. The minimum atomic E-state index is -1.49. The number of rotatable bonds is 6. The van der Waals surface area contributed by atoms with Gasteiger partial charge < -0.3 is 15.2 Å². The Kier molecular flexibility index (Phi) is 7.37. The molecule has 1 fully saturated rings. The average Bonchev–Trinajstić information content (AvgIpc) is 3.18. The topological polar surface area (TPSA) is 104 Å². The molecule has 2 unspecified atom stereocenters. The van der Waals surface area contributed by atoms with Crippen molar-refractivity contribution in [2.45, 2.75) is 66.7 Å². The molecule has 3 atom stereocenters. The van der Waals surface area contributed by atoms with Crippen LogP contribution in [0, 0.1) is 11.2 Å². The first-order valence-corrected chi connectivity index (χ1v) is 14.7. The summed E-state index contributed by atoms with van der Waals surface area (Å²) < 4.78 is 25.7. The van der Waals surface area contributed by atoms with Crippen molar-refractivity contribution in [3.05, 3.63) is 70.6 Å². The molecule has 6 nitrogen and oxygen atoms in total. The van der Waals surface area contributed by atoms with Crippen LogP contribution in [0.3, 0.4) is 0 Å². The molecule has 1 saturated heterocycles. The Morgan fingerprint density at radius 1 is 1.24 bits per heavy atom. The van der Waals surface area contributed by atoms with E-state index in [0.29, 0.717) is 28.1 Å². The second-order valence-corrected chi connectivity index (χ2v) is 13.9. The van der Waals surface area contributed by atoms with Crippen LogP contribution in [0.5, 0.6) is 0 Å². The van der Waals surface area contributed by atoms with E-state index in [9.17, 15) is 8.94 Å². The van der Waals surface area contributed by atoms with Gasteiger partial charge >= 0.3 is 0 Å². The summed E-state index contributed by atoms with van der Waals surface area (Å²) in [5, 5.41) is 7.11. The molecule has 0 radical (unpaired) electrons. The van der Waals surface area contributed by atoms with Crippen LogP contribution in [0.15, 0.2) is 58.6 Å². The van der Waals surface area contributed by atoms with E-state index in [0.717, 1.165) is 42.7 Å². The number of nitrogens with zero attached hydrogens (tertiary/aromatic N) is 3. The summed E-state index contributed by atoms with van der Waals surface area (Å²) in [5.74, 6) is 0.845. The number of piperidine rings is 1. The predicted molar refractivity (Wildman–Crippen MR) is 150 cm³/mol. The number of nitrogens with two attached hydrogens (primary N) is 2. The molecule has 2 aromatic carbocycles. The SMILES string of the molecule is CC(C)(CC1CC2(CCN1c1cnc(Sc3ccccc3Cl)c(N)n1)Cc1ccc(F)cc1C2)[S@+](N)[O-]. The first-order valence-electron chi connectivity index (χ1n) is 12.3. The van der Waals surface area contributed by atoms with Gasteiger partial charge in [0.25, 0.3) is 0 Å². The van der Waals surface area contributed by atoms with Gasteiger partial charge in [0.2, 0.25) is 0 Å². The maximum absolute atomic E-state index is 13.9. The molecular formula is C27H31ClFN5OS2. The number of benzene rings is 2. The summed E-state index contributed by atoms with van der Waals surface area (Å²) in [4.78, 5) is 12.5. The van der Waals surface area contributed by atoms with E-state index in [-0.39, 0.29) is 17.3 Å². The second-order valence-electron chi connectivity index (χ2n) is 10.8. The zero-order chi connectivity index (χ0) is 26.4. The van der Waals surface area contributed by atoms with Crippen LogP contribution in [-0.4, -0.2) is 31.9 Å². The normalized spacial score (nSPS) is 22.3. The van der Waals surface area contributed by atoms with Crippen LogP contribution in [-0.2, 0) is 24.2 Å². The van der Waals surface area contributed by atoms with Crippen molar-refractivity contribution in [3.8, 4) is 0 Å². The molecule has 1 spiro atoms. The quantitative estimate of drug-likeness (QED) is 0.382. The maximum atomic E-state index is 13.9. The number of fused-ring (bicyclic) bond motifs is 1. The Balaban J connectivity index is 1.41.